The van der Waals surface area contributed by atoms with Gasteiger partial charge in [-0.05, 0) is 47.0 Å². The lowest BCUT2D eigenvalue weighted by Crippen LogP contribution is -2.09. The first kappa shape index (κ1) is 19.4. The molecule has 0 saturated carbocycles. The van der Waals surface area contributed by atoms with Crippen molar-refractivity contribution < 1.29 is 9.47 Å². The van der Waals surface area contributed by atoms with E-state index in [1.165, 1.54) is 5.39 Å². The Kier molecular flexibility index (Phi) is 6.25. The molecule has 2 N–H and O–H groups in total. The van der Waals surface area contributed by atoms with Crippen LogP contribution in [0.5, 0.6) is 11.5 Å². The minimum Gasteiger partial charge on any atom is -0.490 e. The Bertz CT molecular complexity index is 1080. The summed E-state index contributed by atoms with van der Waals surface area (Å²) in [6.45, 7) is 2.83. The normalized spacial score (nSPS) is 11.1. The summed E-state index contributed by atoms with van der Waals surface area (Å²) in [5.41, 5.74) is 7.69. The predicted octanol–water partition coefficient (Wildman–Crippen LogP) is 5.01. The van der Waals surface area contributed by atoms with E-state index < -0.39 is 0 Å². The number of nitriles is 1. The van der Waals surface area contributed by atoms with Crippen LogP contribution >= 0.6 is 12.2 Å². The van der Waals surface area contributed by atoms with Crippen molar-refractivity contribution in [3.8, 4) is 17.6 Å². The molecular formula is C23H20N2O2S. The smallest absolute Gasteiger partial charge is 0.161 e. The number of rotatable bonds is 7. The number of thiocarbonyl (C=S) groups is 1. The van der Waals surface area contributed by atoms with E-state index in [1.807, 2.05) is 49.4 Å². The van der Waals surface area contributed by atoms with Crippen LogP contribution < -0.4 is 15.2 Å². The largest absolute Gasteiger partial charge is 0.490 e. The number of nitrogens with zero attached hydrogens (tertiary/aromatic N) is 1. The van der Waals surface area contributed by atoms with E-state index in [0.29, 0.717) is 24.7 Å². The quantitative estimate of drug-likeness (QED) is 0.350. The van der Waals surface area contributed by atoms with Gasteiger partial charge >= 0.3 is 0 Å². The fourth-order valence-electron chi connectivity index (χ4n) is 2.90. The van der Waals surface area contributed by atoms with Crippen molar-refractivity contribution in [2.75, 3.05) is 6.61 Å². The van der Waals surface area contributed by atoms with E-state index in [1.54, 1.807) is 6.08 Å². The summed E-state index contributed by atoms with van der Waals surface area (Å²) in [6, 6.07) is 21.9. The summed E-state index contributed by atoms with van der Waals surface area (Å²) < 4.78 is 11.8. The maximum atomic E-state index is 9.14. The van der Waals surface area contributed by atoms with Crippen molar-refractivity contribution in [3.05, 3.63) is 77.4 Å². The van der Waals surface area contributed by atoms with Crippen LogP contribution in [0.3, 0.4) is 0 Å². The summed E-state index contributed by atoms with van der Waals surface area (Å²) >= 11 is 4.89. The molecule has 0 aliphatic rings. The molecule has 0 aliphatic carbocycles. The Morgan fingerprint density at radius 1 is 1.07 bits per heavy atom. The second-order valence-corrected chi connectivity index (χ2v) is 6.54. The van der Waals surface area contributed by atoms with Gasteiger partial charge in [0, 0.05) is 0 Å². The van der Waals surface area contributed by atoms with E-state index in [-0.39, 0.29) is 10.6 Å². The molecule has 0 unspecified atom stereocenters. The van der Waals surface area contributed by atoms with Crippen LogP contribution in [0, 0.1) is 11.3 Å². The number of hydrogen-bond donors (Lipinski definition) is 1. The molecule has 28 heavy (non-hydrogen) atoms. The molecule has 0 aliphatic heterocycles. The molecule has 5 heteroatoms. The van der Waals surface area contributed by atoms with Crippen LogP contribution in [0.25, 0.3) is 16.8 Å². The summed E-state index contributed by atoms with van der Waals surface area (Å²) in [6.07, 6.45) is 1.64. The number of nitrogens with two attached hydrogens (primary N) is 1. The first-order chi connectivity index (χ1) is 13.6. The van der Waals surface area contributed by atoms with Crippen molar-refractivity contribution in [3.63, 3.8) is 0 Å². The summed E-state index contributed by atoms with van der Waals surface area (Å²) in [4.78, 5) is 0.0664. The Labute approximate surface area is 169 Å². The number of fused-ring (bicyclic) bond motifs is 1. The highest BCUT2D eigenvalue weighted by Gasteiger charge is 2.09. The van der Waals surface area contributed by atoms with Crippen LogP contribution in [0.1, 0.15) is 18.1 Å². The highest BCUT2D eigenvalue weighted by Crippen LogP contribution is 2.31. The van der Waals surface area contributed by atoms with Crippen LogP contribution in [0.2, 0.25) is 0 Å². The van der Waals surface area contributed by atoms with Gasteiger partial charge in [0.05, 0.1) is 12.2 Å². The molecule has 0 fully saturated rings. The molecule has 0 heterocycles. The topological polar surface area (TPSA) is 68.3 Å². The molecule has 0 bridgehead atoms. The van der Waals surface area contributed by atoms with Crippen LogP contribution in [0.4, 0.5) is 0 Å². The third-order valence-corrected chi connectivity index (χ3v) is 4.45. The molecule has 140 valence electrons. The molecule has 0 spiro atoms. The first-order valence-corrected chi connectivity index (χ1v) is 9.31. The zero-order valence-electron chi connectivity index (χ0n) is 15.5. The van der Waals surface area contributed by atoms with Crippen molar-refractivity contribution >= 4 is 34.1 Å². The standard InChI is InChI=1S/C23H20N2O2S/c1-2-26-22-13-16(12-19(14-24)23(25)28)10-11-21(22)27-15-18-8-5-7-17-6-3-4-9-20(17)18/h3-13H,2,15H2,1H3,(H2,25,28). The maximum absolute atomic E-state index is 9.14. The number of hydrogen-bond acceptors (Lipinski definition) is 4. The third kappa shape index (κ3) is 4.48. The van der Waals surface area contributed by atoms with Crippen molar-refractivity contribution in [1.29, 1.82) is 5.26 Å². The van der Waals surface area contributed by atoms with Crippen LogP contribution in [0.15, 0.2) is 66.2 Å². The molecule has 3 aromatic carbocycles. The lowest BCUT2D eigenvalue weighted by Gasteiger charge is -2.14. The third-order valence-electron chi connectivity index (χ3n) is 4.23. The Balaban J connectivity index is 1.87. The average Bonchev–Trinajstić information content (AvgIpc) is 2.71. The van der Waals surface area contributed by atoms with Crippen LogP contribution in [-0.4, -0.2) is 11.6 Å². The monoisotopic (exact) mass is 388 g/mol. The lowest BCUT2D eigenvalue weighted by atomic mass is 10.1. The molecule has 3 rings (SSSR count). The molecule has 0 atom stereocenters. The Morgan fingerprint density at radius 3 is 2.61 bits per heavy atom. The fraction of sp³-hybridized carbons (Fsp3) is 0.130. The van der Waals surface area contributed by atoms with E-state index in [0.717, 1.165) is 16.5 Å². The van der Waals surface area contributed by atoms with Gasteiger partial charge < -0.3 is 15.2 Å². The predicted molar refractivity (Wildman–Crippen MR) is 116 cm³/mol. The van der Waals surface area contributed by atoms with E-state index in [9.17, 15) is 0 Å². The summed E-state index contributed by atoms with van der Waals surface area (Å²) in [5, 5.41) is 11.5. The van der Waals surface area contributed by atoms with Gasteiger partial charge in [0.15, 0.2) is 11.5 Å². The van der Waals surface area contributed by atoms with Gasteiger partial charge in [0.2, 0.25) is 0 Å². The zero-order chi connectivity index (χ0) is 19.9. The highest BCUT2D eigenvalue weighted by atomic mass is 32.1. The molecule has 3 aromatic rings. The molecule has 4 nitrogen and oxygen atoms in total. The average molecular weight is 388 g/mol. The molecule has 0 aromatic heterocycles. The number of ether oxygens (including phenoxy) is 2. The van der Waals surface area contributed by atoms with E-state index in [4.69, 9.17) is 32.7 Å². The van der Waals surface area contributed by atoms with Gasteiger partial charge in [0.1, 0.15) is 17.7 Å². The van der Waals surface area contributed by atoms with Gasteiger partial charge in [-0.3, -0.25) is 0 Å². The minimum atomic E-state index is 0.0664. The Hall–Kier alpha value is -3.36. The minimum absolute atomic E-state index is 0.0664. The van der Waals surface area contributed by atoms with Crippen molar-refractivity contribution in [2.45, 2.75) is 13.5 Å². The zero-order valence-corrected chi connectivity index (χ0v) is 16.3. The fourth-order valence-corrected chi connectivity index (χ4v) is 3.01. The SMILES string of the molecule is CCOc1cc(C=C(C#N)C(N)=S)ccc1OCc1cccc2ccccc12. The van der Waals surface area contributed by atoms with Gasteiger partial charge in [-0.25, -0.2) is 0 Å². The van der Waals surface area contributed by atoms with Crippen molar-refractivity contribution in [2.24, 2.45) is 5.73 Å². The van der Waals surface area contributed by atoms with Gasteiger partial charge in [-0.15, -0.1) is 0 Å². The lowest BCUT2D eigenvalue weighted by molar-refractivity contribution is 0.270. The van der Waals surface area contributed by atoms with Gasteiger partial charge in [-0.1, -0.05) is 60.7 Å². The van der Waals surface area contributed by atoms with E-state index in [2.05, 4.69) is 24.3 Å². The maximum Gasteiger partial charge on any atom is 0.161 e. The molecule has 0 radical (unpaired) electrons. The second-order valence-electron chi connectivity index (χ2n) is 6.10. The second kappa shape index (κ2) is 9.03. The number of benzene rings is 3. The summed E-state index contributed by atoms with van der Waals surface area (Å²) in [7, 11) is 0. The first-order valence-electron chi connectivity index (χ1n) is 8.90. The van der Waals surface area contributed by atoms with E-state index >= 15 is 0 Å². The van der Waals surface area contributed by atoms with Gasteiger partial charge in [-0.2, -0.15) is 5.26 Å². The van der Waals surface area contributed by atoms with Crippen LogP contribution in [-0.2, 0) is 6.61 Å². The van der Waals surface area contributed by atoms with Gasteiger partial charge in [0.25, 0.3) is 0 Å². The molecule has 0 saturated heterocycles. The molecular weight excluding hydrogens is 368 g/mol. The van der Waals surface area contributed by atoms with Crippen molar-refractivity contribution in [1.82, 2.24) is 0 Å². The molecule has 0 amide bonds. The summed E-state index contributed by atoms with van der Waals surface area (Å²) in [5.74, 6) is 1.25. The Morgan fingerprint density at radius 2 is 1.86 bits per heavy atom. The highest BCUT2D eigenvalue weighted by molar-refractivity contribution is 7.80.